The third-order valence-electron chi connectivity index (χ3n) is 4.34. The first-order valence-electron chi connectivity index (χ1n) is 7.96. The van der Waals surface area contributed by atoms with E-state index in [4.69, 9.17) is 15.2 Å². The van der Waals surface area contributed by atoms with Gasteiger partial charge in [0.1, 0.15) is 6.10 Å². The van der Waals surface area contributed by atoms with Gasteiger partial charge in [-0.25, -0.2) is 0 Å². The second-order valence-corrected chi connectivity index (χ2v) is 5.88. The molecule has 0 bridgehead atoms. The summed E-state index contributed by atoms with van der Waals surface area (Å²) in [6, 6.07) is 0.188. The van der Waals surface area contributed by atoms with Crippen LogP contribution in [0.25, 0.3) is 0 Å². The van der Waals surface area contributed by atoms with Crippen LogP contribution in [0.2, 0.25) is 0 Å². The number of nitrogens with two attached hydrogens (primary N) is 1. The molecule has 0 spiro atoms. The normalized spacial score (nSPS) is 27.8. The number of nitrogens with zero attached hydrogens (tertiary/aromatic N) is 1. The summed E-state index contributed by atoms with van der Waals surface area (Å²) in [7, 11) is 0. The molecule has 2 aliphatic rings. The lowest BCUT2D eigenvalue weighted by Crippen LogP contribution is -2.51. The summed E-state index contributed by atoms with van der Waals surface area (Å²) in [6.45, 7) is 4.54. The first kappa shape index (κ1) is 18.7. The summed E-state index contributed by atoms with van der Waals surface area (Å²) in [4.78, 5) is 14.4. The van der Waals surface area contributed by atoms with Gasteiger partial charge in [-0.05, 0) is 45.4 Å². The molecule has 2 rings (SSSR count). The van der Waals surface area contributed by atoms with E-state index < -0.39 is 6.10 Å². The number of carbonyl (C=O) groups is 1. The highest BCUT2D eigenvalue weighted by Crippen LogP contribution is 2.18. The fourth-order valence-electron chi connectivity index (χ4n) is 3.03. The number of hydrogen-bond acceptors (Lipinski definition) is 4. The molecule has 0 radical (unpaired) electrons. The molecular weight excluding hydrogens is 292 g/mol. The van der Waals surface area contributed by atoms with E-state index in [1.54, 1.807) is 0 Å². The van der Waals surface area contributed by atoms with Crippen molar-refractivity contribution >= 4 is 18.3 Å². The zero-order valence-electron chi connectivity index (χ0n) is 13.0. The molecule has 2 heterocycles. The molecule has 124 valence electrons. The zero-order valence-corrected chi connectivity index (χ0v) is 13.8. The summed E-state index contributed by atoms with van der Waals surface area (Å²) in [5, 5.41) is 0. The minimum atomic E-state index is -0.396. The Hall–Kier alpha value is -0.360. The van der Waals surface area contributed by atoms with Crippen LogP contribution in [0.15, 0.2) is 0 Å². The monoisotopic (exact) mass is 320 g/mol. The van der Waals surface area contributed by atoms with Gasteiger partial charge in [-0.1, -0.05) is 0 Å². The van der Waals surface area contributed by atoms with Crippen molar-refractivity contribution < 1.29 is 14.3 Å². The molecular formula is C15H29ClN2O3. The molecule has 0 saturated carbocycles. The van der Waals surface area contributed by atoms with E-state index in [1.165, 1.54) is 6.42 Å². The Balaban J connectivity index is 0.00000220. The van der Waals surface area contributed by atoms with E-state index in [-0.39, 0.29) is 30.5 Å². The number of amides is 1. The third-order valence-corrected chi connectivity index (χ3v) is 4.34. The minimum Gasteiger partial charge on any atom is -0.376 e. The maximum absolute atomic E-state index is 12.4. The van der Waals surface area contributed by atoms with Crippen LogP contribution in [-0.2, 0) is 14.3 Å². The van der Waals surface area contributed by atoms with Crippen LogP contribution >= 0.6 is 12.4 Å². The molecule has 1 amide bonds. The van der Waals surface area contributed by atoms with Crippen molar-refractivity contribution in [2.45, 2.75) is 63.7 Å². The molecule has 6 heteroatoms. The Labute approximate surface area is 133 Å². The molecule has 3 unspecified atom stereocenters. The first-order chi connectivity index (χ1) is 9.72. The Morgan fingerprint density at radius 3 is 2.76 bits per heavy atom. The van der Waals surface area contributed by atoms with Crippen molar-refractivity contribution in [3.63, 3.8) is 0 Å². The number of rotatable bonds is 5. The smallest absolute Gasteiger partial charge is 0.251 e. The predicted molar refractivity (Wildman–Crippen MR) is 84.7 cm³/mol. The molecule has 2 aliphatic heterocycles. The number of halogens is 1. The Kier molecular flexibility index (Phi) is 8.56. The average molecular weight is 321 g/mol. The molecule has 5 nitrogen and oxygen atoms in total. The van der Waals surface area contributed by atoms with Crippen LogP contribution in [-0.4, -0.2) is 55.4 Å². The van der Waals surface area contributed by atoms with Gasteiger partial charge in [-0.3, -0.25) is 4.79 Å². The van der Waals surface area contributed by atoms with Gasteiger partial charge < -0.3 is 20.1 Å². The van der Waals surface area contributed by atoms with Crippen molar-refractivity contribution in [1.82, 2.24) is 4.90 Å². The Morgan fingerprint density at radius 1 is 1.33 bits per heavy atom. The van der Waals surface area contributed by atoms with Crippen molar-refractivity contribution in [3.05, 3.63) is 0 Å². The summed E-state index contributed by atoms with van der Waals surface area (Å²) in [5.74, 6) is 0.0796. The average Bonchev–Trinajstić information content (AvgIpc) is 2.52. The Morgan fingerprint density at radius 2 is 2.10 bits per heavy atom. The SMILES string of the molecule is CC(OCC1CCCCO1)C(=O)N1CCCCC1CN.Cl. The number of carbonyl (C=O) groups excluding carboxylic acids is 1. The highest BCUT2D eigenvalue weighted by molar-refractivity contribution is 5.85. The van der Waals surface area contributed by atoms with Gasteiger partial charge in [0.05, 0.1) is 12.7 Å². The van der Waals surface area contributed by atoms with Crippen LogP contribution in [0, 0.1) is 0 Å². The molecule has 2 N–H and O–H groups in total. The van der Waals surface area contributed by atoms with E-state index in [2.05, 4.69) is 0 Å². The molecule has 21 heavy (non-hydrogen) atoms. The van der Waals surface area contributed by atoms with Gasteiger partial charge in [0, 0.05) is 25.7 Å². The van der Waals surface area contributed by atoms with E-state index in [1.807, 2.05) is 11.8 Å². The fraction of sp³-hybridized carbons (Fsp3) is 0.933. The van der Waals surface area contributed by atoms with Gasteiger partial charge >= 0.3 is 0 Å². The lowest BCUT2D eigenvalue weighted by Gasteiger charge is -2.36. The van der Waals surface area contributed by atoms with E-state index in [0.717, 1.165) is 45.3 Å². The minimum absolute atomic E-state index is 0. The maximum Gasteiger partial charge on any atom is 0.251 e. The van der Waals surface area contributed by atoms with Gasteiger partial charge in [0.15, 0.2) is 0 Å². The Bertz CT molecular complexity index is 311. The quantitative estimate of drug-likeness (QED) is 0.837. The fourth-order valence-corrected chi connectivity index (χ4v) is 3.03. The van der Waals surface area contributed by atoms with Crippen molar-refractivity contribution in [2.75, 3.05) is 26.3 Å². The molecule has 0 aliphatic carbocycles. The van der Waals surface area contributed by atoms with Crippen LogP contribution in [0.4, 0.5) is 0 Å². The molecule has 0 aromatic heterocycles. The predicted octanol–water partition coefficient (Wildman–Crippen LogP) is 1.72. The summed E-state index contributed by atoms with van der Waals surface area (Å²) >= 11 is 0. The third kappa shape index (κ3) is 5.40. The molecule has 2 fully saturated rings. The van der Waals surface area contributed by atoms with Crippen molar-refractivity contribution in [2.24, 2.45) is 5.73 Å². The summed E-state index contributed by atoms with van der Waals surface area (Å²) in [5.41, 5.74) is 5.77. The molecule has 0 aromatic rings. The van der Waals surface area contributed by atoms with Crippen LogP contribution < -0.4 is 5.73 Å². The highest BCUT2D eigenvalue weighted by atomic mass is 35.5. The summed E-state index contributed by atoms with van der Waals surface area (Å²) in [6.07, 6.45) is 6.38. The second-order valence-electron chi connectivity index (χ2n) is 5.88. The lowest BCUT2D eigenvalue weighted by molar-refractivity contribution is -0.149. The van der Waals surface area contributed by atoms with E-state index in [0.29, 0.717) is 13.2 Å². The lowest BCUT2D eigenvalue weighted by atomic mass is 10.0. The second kappa shape index (κ2) is 9.62. The first-order valence-corrected chi connectivity index (χ1v) is 7.96. The van der Waals surface area contributed by atoms with Crippen LogP contribution in [0.5, 0.6) is 0 Å². The van der Waals surface area contributed by atoms with E-state index >= 15 is 0 Å². The number of ether oxygens (including phenoxy) is 2. The molecule has 2 saturated heterocycles. The van der Waals surface area contributed by atoms with Crippen LogP contribution in [0.1, 0.15) is 45.4 Å². The topological polar surface area (TPSA) is 64.8 Å². The largest absolute Gasteiger partial charge is 0.376 e. The van der Waals surface area contributed by atoms with Gasteiger partial charge in [-0.2, -0.15) is 0 Å². The zero-order chi connectivity index (χ0) is 14.4. The van der Waals surface area contributed by atoms with Crippen molar-refractivity contribution in [3.8, 4) is 0 Å². The number of likely N-dealkylation sites (tertiary alicyclic amines) is 1. The maximum atomic E-state index is 12.4. The number of hydrogen-bond donors (Lipinski definition) is 1. The van der Waals surface area contributed by atoms with Gasteiger partial charge in [-0.15, -0.1) is 12.4 Å². The molecule has 0 aromatic carbocycles. The van der Waals surface area contributed by atoms with Crippen LogP contribution in [0.3, 0.4) is 0 Å². The molecule has 3 atom stereocenters. The van der Waals surface area contributed by atoms with Crippen molar-refractivity contribution in [1.29, 1.82) is 0 Å². The van der Waals surface area contributed by atoms with Gasteiger partial charge in [0.2, 0.25) is 0 Å². The number of piperidine rings is 1. The standard InChI is InChI=1S/C15H28N2O3.ClH/c1-12(20-11-14-7-3-5-9-19-14)15(18)17-8-4-2-6-13(17)10-16;/h12-14H,2-11,16H2,1H3;1H. The summed E-state index contributed by atoms with van der Waals surface area (Å²) < 4.78 is 11.4. The van der Waals surface area contributed by atoms with E-state index in [9.17, 15) is 4.79 Å². The highest BCUT2D eigenvalue weighted by Gasteiger charge is 2.29. The van der Waals surface area contributed by atoms with Gasteiger partial charge in [0.25, 0.3) is 5.91 Å².